The maximum Gasteiger partial charge on any atom is 0.265 e. The van der Waals surface area contributed by atoms with Crippen molar-refractivity contribution in [1.82, 2.24) is 9.99 Å². The summed E-state index contributed by atoms with van der Waals surface area (Å²) < 4.78 is 34.9. The van der Waals surface area contributed by atoms with E-state index in [-0.39, 0.29) is 27.2 Å². The number of pyridine rings is 1. The maximum atomic E-state index is 13.4. The predicted molar refractivity (Wildman–Crippen MR) is 141 cm³/mol. The van der Waals surface area contributed by atoms with E-state index >= 15 is 0 Å². The van der Waals surface area contributed by atoms with E-state index in [1.165, 1.54) is 31.4 Å². The number of carbonyl (C=O) groups is 1. The molecular weight excluding hydrogens is 510 g/mol. The van der Waals surface area contributed by atoms with Crippen LogP contribution in [0.1, 0.15) is 12.0 Å². The normalized spacial score (nSPS) is 11.3. The van der Waals surface area contributed by atoms with E-state index in [4.69, 9.17) is 10.00 Å². The third-order valence-corrected chi connectivity index (χ3v) is 6.83. The summed E-state index contributed by atoms with van der Waals surface area (Å²) in [6.07, 6.45) is 0.737. The summed E-state index contributed by atoms with van der Waals surface area (Å²) in [6.45, 7) is 0. The number of rotatable bonds is 8. The van der Waals surface area contributed by atoms with E-state index in [0.29, 0.717) is 11.1 Å². The van der Waals surface area contributed by atoms with Gasteiger partial charge in [0.25, 0.3) is 21.5 Å². The van der Waals surface area contributed by atoms with E-state index in [9.17, 15) is 23.1 Å². The second-order valence-corrected chi connectivity index (χ2v) is 9.54. The molecule has 0 atom stereocenters. The van der Waals surface area contributed by atoms with Crippen LogP contribution in [-0.4, -0.2) is 37.3 Å². The fourth-order valence-electron chi connectivity index (χ4n) is 3.73. The number of methoxy groups -OCH3 is 1. The molecule has 0 radical (unpaired) electrons. The first-order valence-electron chi connectivity index (χ1n) is 11.1. The van der Waals surface area contributed by atoms with Gasteiger partial charge < -0.3 is 9.84 Å². The van der Waals surface area contributed by atoms with Gasteiger partial charge in [-0.3, -0.25) is 14.3 Å². The van der Waals surface area contributed by atoms with Gasteiger partial charge in [0, 0.05) is 10.8 Å². The smallest absolute Gasteiger partial charge is 0.265 e. The van der Waals surface area contributed by atoms with Crippen molar-refractivity contribution in [2.45, 2.75) is 11.3 Å². The number of hydrogen-bond donors (Lipinski definition) is 3. The molecule has 192 valence electrons. The molecule has 1 heterocycles. The maximum absolute atomic E-state index is 13.4. The Hall–Kier alpha value is -5.15. The highest BCUT2D eigenvalue weighted by molar-refractivity contribution is 7.92. The van der Waals surface area contributed by atoms with Crippen LogP contribution in [0, 0.1) is 11.3 Å². The van der Waals surface area contributed by atoms with Gasteiger partial charge in [-0.05, 0) is 36.4 Å². The Bertz CT molecular complexity index is 1770. The van der Waals surface area contributed by atoms with Gasteiger partial charge in [-0.1, -0.05) is 36.4 Å². The van der Waals surface area contributed by atoms with Crippen LogP contribution < -0.4 is 20.4 Å². The molecule has 1 amide bonds. The Morgan fingerprint density at radius 3 is 2.55 bits per heavy atom. The molecular formula is C26H21N5O6S. The van der Waals surface area contributed by atoms with Crippen molar-refractivity contribution in [1.29, 1.82) is 5.26 Å². The minimum atomic E-state index is -4.11. The summed E-state index contributed by atoms with van der Waals surface area (Å²) in [5.74, 6) is -0.859. The Labute approximate surface area is 217 Å². The Balaban J connectivity index is 1.82. The molecule has 0 aliphatic rings. The highest BCUT2D eigenvalue weighted by Crippen LogP contribution is 2.29. The number of amides is 1. The fourth-order valence-corrected chi connectivity index (χ4v) is 4.84. The number of sulfonamides is 1. The van der Waals surface area contributed by atoms with Crippen molar-refractivity contribution < 1.29 is 23.1 Å². The lowest BCUT2D eigenvalue weighted by atomic mass is 10.1. The number of benzene rings is 3. The van der Waals surface area contributed by atoms with Crippen LogP contribution in [0.3, 0.4) is 0 Å². The first-order chi connectivity index (χ1) is 18.3. The Morgan fingerprint density at radius 2 is 1.82 bits per heavy atom. The molecule has 0 saturated heterocycles. The van der Waals surface area contributed by atoms with Gasteiger partial charge in [-0.25, -0.2) is 18.4 Å². The number of hydrogen-bond acceptors (Lipinski definition) is 8. The molecule has 38 heavy (non-hydrogen) atoms. The number of nitrogens with one attached hydrogen (secondary N) is 2. The van der Waals surface area contributed by atoms with Gasteiger partial charge in [0.2, 0.25) is 5.88 Å². The SMILES string of the molecule is COc1ccccc1NS(=O)(=O)c1cccc(-n2c(O)c(/C=N/NC(=O)CC#N)c3ccccc3c2=O)c1. The minimum absolute atomic E-state index is 0.0734. The molecule has 4 aromatic rings. The van der Waals surface area contributed by atoms with E-state index in [1.807, 2.05) is 0 Å². The topological polar surface area (TPSA) is 163 Å². The molecule has 1 aromatic heterocycles. The number of aromatic nitrogens is 1. The van der Waals surface area contributed by atoms with Crippen molar-refractivity contribution >= 4 is 38.6 Å². The number of anilines is 1. The summed E-state index contributed by atoms with van der Waals surface area (Å²) in [7, 11) is -2.70. The summed E-state index contributed by atoms with van der Waals surface area (Å²) in [5.41, 5.74) is 1.96. The lowest BCUT2D eigenvalue weighted by Crippen LogP contribution is -2.21. The van der Waals surface area contributed by atoms with E-state index in [2.05, 4.69) is 15.2 Å². The fraction of sp³-hybridized carbons (Fsp3) is 0.0769. The zero-order valence-corrected chi connectivity index (χ0v) is 20.8. The molecule has 3 N–H and O–H groups in total. The lowest BCUT2D eigenvalue weighted by molar-refractivity contribution is -0.120. The number of carbonyl (C=O) groups excluding carboxylic acids is 1. The average molecular weight is 532 g/mol. The minimum Gasteiger partial charge on any atom is -0.495 e. The number of nitriles is 1. The predicted octanol–water partition coefficient (Wildman–Crippen LogP) is 2.87. The molecule has 12 heteroatoms. The monoisotopic (exact) mass is 531 g/mol. The second-order valence-electron chi connectivity index (χ2n) is 7.85. The Kier molecular flexibility index (Phi) is 7.40. The van der Waals surface area contributed by atoms with Crippen LogP contribution in [0.15, 0.2) is 87.6 Å². The molecule has 0 saturated carbocycles. The van der Waals surface area contributed by atoms with Crippen molar-refractivity contribution in [2.75, 3.05) is 11.8 Å². The zero-order chi connectivity index (χ0) is 27.3. The van der Waals surface area contributed by atoms with E-state index in [1.54, 1.807) is 54.6 Å². The molecule has 0 unspecified atom stereocenters. The van der Waals surface area contributed by atoms with Gasteiger partial charge in [0.05, 0.1) is 41.2 Å². The second kappa shape index (κ2) is 10.9. The molecule has 0 aliphatic carbocycles. The number of fused-ring (bicyclic) bond motifs is 1. The van der Waals surface area contributed by atoms with Crippen LogP contribution in [-0.2, 0) is 14.8 Å². The highest BCUT2D eigenvalue weighted by atomic mass is 32.2. The number of para-hydroxylation sites is 2. The number of ether oxygens (including phenoxy) is 1. The van der Waals surface area contributed by atoms with Crippen LogP contribution >= 0.6 is 0 Å². The van der Waals surface area contributed by atoms with Crippen LogP contribution in [0.25, 0.3) is 16.5 Å². The molecule has 3 aromatic carbocycles. The van der Waals surface area contributed by atoms with Crippen molar-refractivity contribution in [2.24, 2.45) is 5.10 Å². The largest absolute Gasteiger partial charge is 0.495 e. The van der Waals surface area contributed by atoms with Gasteiger partial charge in [0.1, 0.15) is 12.2 Å². The van der Waals surface area contributed by atoms with Gasteiger partial charge in [-0.2, -0.15) is 10.4 Å². The van der Waals surface area contributed by atoms with Gasteiger partial charge >= 0.3 is 0 Å². The third kappa shape index (κ3) is 5.18. The van der Waals surface area contributed by atoms with E-state index in [0.717, 1.165) is 10.8 Å². The van der Waals surface area contributed by atoms with Crippen molar-refractivity contribution in [3.05, 3.63) is 88.7 Å². The van der Waals surface area contributed by atoms with E-state index < -0.39 is 33.8 Å². The standard InChI is InChI=1S/C26H21N5O6S/c1-37-23-12-5-4-11-22(23)30-38(35,36)18-8-6-7-17(15-18)31-25(33)20-10-3-2-9-19(20)21(26(31)34)16-28-29-24(32)13-14-27/h2-12,15-16,30,34H,13H2,1H3,(H,29,32)/b28-16+. The summed E-state index contributed by atoms with van der Waals surface area (Å²) in [4.78, 5) is 24.8. The first-order valence-corrected chi connectivity index (χ1v) is 12.6. The number of aromatic hydroxyl groups is 1. The third-order valence-electron chi connectivity index (χ3n) is 5.46. The van der Waals surface area contributed by atoms with Gasteiger partial charge in [0.15, 0.2) is 0 Å². The van der Waals surface area contributed by atoms with Crippen LogP contribution in [0.5, 0.6) is 11.6 Å². The molecule has 4 rings (SSSR count). The average Bonchev–Trinajstić information content (AvgIpc) is 2.91. The first kappa shape index (κ1) is 25.9. The van der Waals surface area contributed by atoms with Crippen LogP contribution in [0.2, 0.25) is 0 Å². The summed E-state index contributed by atoms with van der Waals surface area (Å²) in [5, 5.41) is 24.1. The number of nitrogens with zero attached hydrogens (tertiary/aromatic N) is 3. The number of hydrazone groups is 1. The van der Waals surface area contributed by atoms with Crippen LogP contribution in [0.4, 0.5) is 5.69 Å². The zero-order valence-electron chi connectivity index (χ0n) is 20.0. The molecule has 0 spiro atoms. The Morgan fingerprint density at radius 1 is 1.11 bits per heavy atom. The lowest BCUT2D eigenvalue weighted by Gasteiger charge is -2.15. The summed E-state index contributed by atoms with van der Waals surface area (Å²) >= 11 is 0. The molecule has 0 bridgehead atoms. The van der Waals surface area contributed by atoms with Crippen molar-refractivity contribution in [3.8, 4) is 23.4 Å². The molecule has 11 nitrogen and oxygen atoms in total. The van der Waals surface area contributed by atoms with Crippen molar-refractivity contribution in [3.63, 3.8) is 0 Å². The molecule has 0 fully saturated rings. The quantitative estimate of drug-likeness (QED) is 0.232. The highest BCUT2D eigenvalue weighted by Gasteiger charge is 2.20. The molecule has 0 aliphatic heterocycles. The summed E-state index contributed by atoms with van der Waals surface area (Å²) in [6, 6.07) is 20.1. The van der Waals surface area contributed by atoms with Gasteiger partial charge in [-0.15, -0.1) is 0 Å².